The van der Waals surface area contributed by atoms with E-state index in [4.69, 9.17) is 35.4 Å². The Hall–Kier alpha value is -0.550. The molecule has 1 aromatic carbocycles. The summed E-state index contributed by atoms with van der Waals surface area (Å²) in [6.07, 6.45) is 2.50. The van der Waals surface area contributed by atoms with Gasteiger partial charge >= 0.3 is 0 Å². The van der Waals surface area contributed by atoms with Crippen LogP contribution in [0.2, 0.25) is 10.0 Å². The van der Waals surface area contributed by atoms with Crippen molar-refractivity contribution in [3.05, 3.63) is 28.2 Å². The molecule has 6 heteroatoms. The second kappa shape index (κ2) is 7.46. The number of benzene rings is 1. The number of likely N-dealkylation sites (N-methyl/N-ethyl adjacent to an activating group) is 1. The van der Waals surface area contributed by atoms with Crippen molar-refractivity contribution in [3.63, 3.8) is 0 Å². The monoisotopic (exact) mass is 331 g/mol. The van der Waals surface area contributed by atoms with Gasteiger partial charge in [0.05, 0.1) is 10.0 Å². The molecule has 0 saturated carbocycles. The fourth-order valence-electron chi connectivity index (χ4n) is 2.50. The van der Waals surface area contributed by atoms with Crippen LogP contribution in [0.3, 0.4) is 0 Å². The van der Waals surface area contributed by atoms with Crippen molar-refractivity contribution in [1.29, 1.82) is 0 Å². The maximum absolute atomic E-state index is 5.97. The first kappa shape index (κ1) is 15.8. The summed E-state index contributed by atoms with van der Waals surface area (Å²) < 4.78 is 0. The molecule has 1 heterocycles. The summed E-state index contributed by atoms with van der Waals surface area (Å²) in [5.41, 5.74) is 0.843. The van der Waals surface area contributed by atoms with Crippen molar-refractivity contribution in [2.24, 2.45) is 0 Å². The van der Waals surface area contributed by atoms with E-state index in [1.807, 2.05) is 6.07 Å². The van der Waals surface area contributed by atoms with Crippen molar-refractivity contribution in [2.45, 2.75) is 25.8 Å². The second-order valence-corrected chi connectivity index (χ2v) is 6.11. The number of anilines is 1. The highest BCUT2D eigenvalue weighted by Crippen LogP contribution is 2.25. The van der Waals surface area contributed by atoms with E-state index in [0.29, 0.717) is 21.2 Å². The molecule has 1 fully saturated rings. The number of rotatable bonds is 4. The first-order valence-electron chi connectivity index (χ1n) is 6.84. The maximum atomic E-state index is 5.97. The number of likely N-dealkylation sites (tertiary alicyclic amines) is 1. The van der Waals surface area contributed by atoms with Crippen LogP contribution in [-0.2, 0) is 0 Å². The van der Waals surface area contributed by atoms with E-state index in [-0.39, 0.29) is 0 Å². The fourth-order valence-corrected chi connectivity index (χ4v) is 3.00. The molecule has 2 rings (SSSR count). The molecule has 20 heavy (non-hydrogen) atoms. The van der Waals surface area contributed by atoms with Gasteiger partial charge in [0.15, 0.2) is 5.11 Å². The topological polar surface area (TPSA) is 27.3 Å². The number of halogens is 2. The van der Waals surface area contributed by atoms with E-state index in [0.717, 1.165) is 18.8 Å². The van der Waals surface area contributed by atoms with E-state index >= 15 is 0 Å². The number of nitrogens with zero attached hydrogens (tertiary/aromatic N) is 1. The maximum Gasteiger partial charge on any atom is 0.170 e. The average Bonchev–Trinajstić information content (AvgIpc) is 2.88. The molecule has 1 atom stereocenters. The molecule has 0 radical (unpaired) electrons. The van der Waals surface area contributed by atoms with Crippen LogP contribution in [0.25, 0.3) is 0 Å². The van der Waals surface area contributed by atoms with Gasteiger partial charge in [0.2, 0.25) is 0 Å². The smallest absolute Gasteiger partial charge is 0.170 e. The predicted molar refractivity (Wildman–Crippen MR) is 91.0 cm³/mol. The molecule has 0 aliphatic carbocycles. The zero-order chi connectivity index (χ0) is 14.5. The minimum atomic E-state index is 0.521. The van der Waals surface area contributed by atoms with Gasteiger partial charge in [-0.3, -0.25) is 4.90 Å². The van der Waals surface area contributed by atoms with Crippen LogP contribution in [0.5, 0.6) is 0 Å². The lowest BCUT2D eigenvalue weighted by Crippen LogP contribution is -2.41. The highest BCUT2D eigenvalue weighted by molar-refractivity contribution is 7.80. The third kappa shape index (κ3) is 4.22. The minimum Gasteiger partial charge on any atom is -0.361 e. The Morgan fingerprint density at radius 3 is 2.90 bits per heavy atom. The normalized spacial score (nSPS) is 19.1. The molecule has 0 amide bonds. The third-order valence-electron chi connectivity index (χ3n) is 3.58. The first-order valence-corrected chi connectivity index (χ1v) is 8.00. The molecular weight excluding hydrogens is 313 g/mol. The summed E-state index contributed by atoms with van der Waals surface area (Å²) >= 11 is 17.2. The molecule has 1 aliphatic heterocycles. The summed E-state index contributed by atoms with van der Waals surface area (Å²) in [6.45, 7) is 5.36. The number of hydrogen-bond acceptors (Lipinski definition) is 2. The Kier molecular flexibility index (Phi) is 5.90. The van der Waals surface area contributed by atoms with Gasteiger partial charge in [-0.1, -0.05) is 30.1 Å². The summed E-state index contributed by atoms with van der Waals surface area (Å²) in [5, 5.41) is 8.08. The summed E-state index contributed by atoms with van der Waals surface area (Å²) in [5.74, 6) is 0. The quantitative estimate of drug-likeness (QED) is 0.821. The van der Waals surface area contributed by atoms with Crippen LogP contribution in [0.4, 0.5) is 5.69 Å². The van der Waals surface area contributed by atoms with E-state index in [9.17, 15) is 0 Å². The first-order chi connectivity index (χ1) is 9.60. The van der Waals surface area contributed by atoms with Gasteiger partial charge in [0.25, 0.3) is 0 Å². The molecule has 1 saturated heterocycles. The van der Waals surface area contributed by atoms with E-state index in [1.165, 1.54) is 19.4 Å². The highest BCUT2D eigenvalue weighted by Gasteiger charge is 2.22. The van der Waals surface area contributed by atoms with Crippen molar-refractivity contribution in [3.8, 4) is 0 Å². The SMILES string of the molecule is CCN1CCCC1CNC(=S)Nc1ccc(Cl)c(Cl)c1. The molecule has 0 aromatic heterocycles. The zero-order valence-electron chi connectivity index (χ0n) is 11.5. The molecule has 0 bridgehead atoms. The van der Waals surface area contributed by atoms with Gasteiger partial charge in [0, 0.05) is 18.3 Å². The van der Waals surface area contributed by atoms with Crippen LogP contribution in [0, 0.1) is 0 Å². The summed E-state index contributed by atoms with van der Waals surface area (Å²) in [7, 11) is 0. The largest absolute Gasteiger partial charge is 0.361 e. The fraction of sp³-hybridized carbons (Fsp3) is 0.500. The molecule has 1 aliphatic rings. The van der Waals surface area contributed by atoms with Gasteiger partial charge in [-0.05, 0) is 56.3 Å². The van der Waals surface area contributed by atoms with E-state index < -0.39 is 0 Å². The standard InChI is InChI=1S/C14H19Cl2N3S/c1-2-19-7-3-4-11(19)9-17-14(20)18-10-5-6-12(15)13(16)8-10/h5-6,8,11H,2-4,7,9H2,1H3,(H2,17,18,20). The molecular formula is C14H19Cl2N3S. The van der Waals surface area contributed by atoms with E-state index in [1.54, 1.807) is 12.1 Å². The molecule has 110 valence electrons. The van der Waals surface area contributed by atoms with Crippen molar-refractivity contribution >= 4 is 46.2 Å². The predicted octanol–water partition coefficient (Wildman–Crippen LogP) is 3.76. The Morgan fingerprint density at radius 1 is 1.40 bits per heavy atom. The van der Waals surface area contributed by atoms with Crippen LogP contribution < -0.4 is 10.6 Å². The Morgan fingerprint density at radius 2 is 2.20 bits per heavy atom. The third-order valence-corrected chi connectivity index (χ3v) is 4.57. The van der Waals surface area contributed by atoms with Crippen molar-refractivity contribution < 1.29 is 0 Å². The number of hydrogen-bond donors (Lipinski definition) is 2. The average molecular weight is 332 g/mol. The number of nitrogens with one attached hydrogen (secondary N) is 2. The van der Waals surface area contributed by atoms with Gasteiger partial charge in [-0.2, -0.15) is 0 Å². The Labute approximate surface area is 135 Å². The lowest BCUT2D eigenvalue weighted by Gasteiger charge is -2.23. The molecule has 2 N–H and O–H groups in total. The molecule has 3 nitrogen and oxygen atoms in total. The molecule has 1 aromatic rings. The summed E-state index contributed by atoms with van der Waals surface area (Å²) in [4.78, 5) is 2.48. The van der Waals surface area contributed by atoms with Crippen LogP contribution in [0.1, 0.15) is 19.8 Å². The van der Waals surface area contributed by atoms with Crippen LogP contribution in [-0.4, -0.2) is 35.7 Å². The Bertz CT molecular complexity index is 481. The second-order valence-electron chi connectivity index (χ2n) is 4.89. The van der Waals surface area contributed by atoms with E-state index in [2.05, 4.69) is 22.5 Å². The van der Waals surface area contributed by atoms with Crippen molar-refractivity contribution in [1.82, 2.24) is 10.2 Å². The van der Waals surface area contributed by atoms with Gasteiger partial charge < -0.3 is 10.6 Å². The van der Waals surface area contributed by atoms with Crippen LogP contribution in [0.15, 0.2) is 18.2 Å². The van der Waals surface area contributed by atoms with Crippen molar-refractivity contribution in [2.75, 3.05) is 25.0 Å². The Balaban J connectivity index is 1.81. The summed E-state index contributed by atoms with van der Waals surface area (Å²) in [6, 6.07) is 5.96. The van der Waals surface area contributed by atoms with Gasteiger partial charge in [-0.25, -0.2) is 0 Å². The lowest BCUT2D eigenvalue weighted by atomic mass is 10.2. The highest BCUT2D eigenvalue weighted by atomic mass is 35.5. The van der Waals surface area contributed by atoms with Crippen LogP contribution >= 0.6 is 35.4 Å². The lowest BCUT2D eigenvalue weighted by molar-refractivity contribution is 0.267. The zero-order valence-corrected chi connectivity index (χ0v) is 13.8. The molecule has 0 spiro atoms. The molecule has 1 unspecified atom stereocenters. The van der Waals surface area contributed by atoms with Gasteiger partial charge in [0.1, 0.15) is 0 Å². The minimum absolute atomic E-state index is 0.521. The number of thiocarbonyl (C=S) groups is 1. The van der Waals surface area contributed by atoms with Gasteiger partial charge in [-0.15, -0.1) is 0 Å².